The number of carboxylic acid groups (broad SMARTS) is 1. The van der Waals surface area contributed by atoms with E-state index in [1.165, 1.54) is 11.8 Å². The number of benzene rings is 1. The van der Waals surface area contributed by atoms with E-state index < -0.39 is 5.97 Å². The topological polar surface area (TPSA) is 43.8 Å². The molecule has 1 N–H and O–H groups in total. The number of thioether (sulfide) groups is 1. The first kappa shape index (κ1) is 14.2. The van der Waals surface area contributed by atoms with Gasteiger partial charge in [-0.3, -0.25) is 0 Å². The van der Waals surface area contributed by atoms with Crippen LogP contribution in [-0.4, -0.2) is 55.0 Å². The number of rotatable bonds is 3. The first-order valence-electron chi connectivity index (χ1n) is 6.40. The van der Waals surface area contributed by atoms with Gasteiger partial charge in [0.25, 0.3) is 0 Å². The molecule has 0 aromatic heterocycles. The van der Waals surface area contributed by atoms with E-state index in [2.05, 4.69) is 23.8 Å². The number of hydrogen-bond acceptors (Lipinski definition) is 4. The minimum absolute atomic E-state index is 0.437. The molecule has 2 rings (SSSR count). The lowest BCUT2D eigenvalue weighted by Crippen LogP contribution is -2.50. The third-order valence-electron chi connectivity index (χ3n) is 3.74. The molecule has 1 fully saturated rings. The largest absolute Gasteiger partial charge is 0.478 e. The minimum Gasteiger partial charge on any atom is -0.478 e. The summed E-state index contributed by atoms with van der Waals surface area (Å²) in [5.41, 5.74) is 1.28. The normalized spacial score (nSPS) is 20.6. The lowest BCUT2D eigenvalue weighted by molar-refractivity contribution is 0.0693. The van der Waals surface area contributed by atoms with Crippen molar-refractivity contribution in [2.24, 2.45) is 0 Å². The highest BCUT2D eigenvalue weighted by atomic mass is 32.2. The Balaban J connectivity index is 2.37. The molecule has 0 saturated carbocycles. The highest BCUT2D eigenvalue weighted by Crippen LogP contribution is 2.30. The molecule has 1 aliphatic heterocycles. The molecule has 4 nitrogen and oxygen atoms in total. The van der Waals surface area contributed by atoms with Gasteiger partial charge in [-0.05, 0) is 32.4 Å². The van der Waals surface area contributed by atoms with Crippen LogP contribution in [0.2, 0.25) is 0 Å². The summed E-state index contributed by atoms with van der Waals surface area (Å²) in [5, 5.41) is 9.48. The molecule has 0 spiro atoms. The Morgan fingerprint density at radius 3 is 2.74 bits per heavy atom. The van der Waals surface area contributed by atoms with Crippen LogP contribution in [0.15, 0.2) is 23.1 Å². The zero-order chi connectivity index (χ0) is 14.0. The van der Waals surface area contributed by atoms with E-state index in [1.807, 2.05) is 24.5 Å². The molecule has 1 aliphatic rings. The van der Waals surface area contributed by atoms with E-state index in [0.29, 0.717) is 11.6 Å². The Morgan fingerprint density at radius 2 is 2.16 bits per heavy atom. The molecular weight excluding hydrogens is 260 g/mol. The Morgan fingerprint density at radius 1 is 1.42 bits per heavy atom. The van der Waals surface area contributed by atoms with E-state index in [1.54, 1.807) is 0 Å². The van der Waals surface area contributed by atoms with Crippen molar-refractivity contribution in [3.63, 3.8) is 0 Å². The first-order chi connectivity index (χ1) is 9.04. The first-order valence-corrected chi connectivity index (χ1v) is 7.62. The summed E-state index contributed by atoms with van der Waals surface area (Å²) in [7, 11) is 2.11. The van der Waals surface area contributed by atoms with Crippen LogP contribution in [0.25, 0.3) is 0 Å². The molecular formula is C14H20N2O2S. The Labute approximate surface area is 118 Å². The second-order valence-corrected chi connectivity index (χ2v) is 5.78. The van der Waals surface area contributed by atoms with Crippen LogP contribution in [0.1, 0.15) is 17.3 Å². The predicted octanol–water partition coefficient (Wildman–Crippen LogP) is 2.25. The SMILES string of the molecule is CSc1cccc(N2CCN(C)C(C)C2)c1C(=O)O. The van der Waals surface area contributed by atoms with Crippen LogP contribution in [0, 0.1) is 0 Å². The molecule has 0 amide bonds. The van der Waals surface area contributed by atoms with E-state index >= 15 is 0 Å². The van der Waals surface area contributed by atoms with E-state index in [-0.39, 0.29) is 0 Å². The van der Waals surface area contributed by atoms with Crippen LogP contribution in [-0.2, 0) is 0 Å². The second-order valence-electron chi connectivity index (χ2n) is 4.94. The van der Waals surface area contributed by atoms with E-state index in [0.717, 1.165) is 30.2 Å². The number of anilines is 1. The van der Waals surface area contributed by atoms with Crippen LogP contribution in [0.5, 0.6) is 0 Å². The van der Waals surface area contributed by atoms with Crippen LogP contribution >= 0.6 is 11.8 Å². The lowest BCUT2D eigenvalue weighted by Gasteiger charge is -2.39. The number of carboxylic acids is 1. The third-order valence-corrected chi connectivity index (χ3v) is 4.52. The van der Waals surface area contributed by atoms with Crippen LogP contribution in [0.3, 0.4) is 0 Å². The summed E-state index contributed by atoms with van der Waals surface area (Å²) >= 11 is 1.49. The summed E-state index contributed by atoms with van der Waals surface area (Å²) in [4.78, 5) is 16.9. The highest BCUT2D eigenvalue weighted by molar-refractivity contribution is 7.98. The van der Waals surface area contributed by atoms with Gasteiger partial charge in [0.1, 0.15) is 0 Å². The molecule has 0 radical (unpaired) electrons. The van der Waals surface area contributed by atoms with Gasteiger partial charge in [0.05, 0.1) is 11.3 Å². The van der Waals surface area contributed by atoms with E-state index in [9.17, 15) is 9.90 Å². The van der Waals surface area contributed by atoms with Crippen molar-refractivity contribution in [1.29, 1.82) is 0 Å². The van der Waals surface area contributed by atoms with Crippen molar-refractivity contribution >= 4 is 23.4 Å². The van der Waals surface area contributed by atoms with Crippen LogP contribution in [0.4, 0.5) is 5.69 Å². The van der Waals surface area contributed by atoms with Crippen molar-refractivity contribution in [3.05, 3.63) is 23.8 Å². The molecule has 1 heterocycles. The van der Waals surface area contributed by atoms with Gasteiger partial charge in [0, 0.05) is 30.6 Å². The molecule has 5 heteroatoms. The molecule has 1 aromatic rings. The molecule has 1 unspecified atom stereocenters. The fourth-order valence-electron chi connectivity index (χ4n) is 2.44. The summed E-state index contributed by atoms with van der Waals surface area (Å²) in [5.74, 6) is -0.841. The predicted molar refractivity (Wildman–Crippen MR) is 79.5 cm³/mol. The second kappa shape index (κ2) is 5.84. The summed E-state index contributed by atoms with van der Waals surface area (Å²) < 4.78 is 0. The monoisotopic (exact) mass is 280 g/mol. The molecule has 1 saturated heterocycles. The lowest BCUT2D eigenvalue weighted by atomic mass is 10.1. The van der Waals surface area contributed by atoms with Gasteiger partial charge >= 0.3 is 5.97 Å². The molecule has 0 bridgehead atoms. The zero-order valence-corrected chi connectivity index (χ0v) is 12.4. The molecule has 19 heavy (non-hydrogen) atoms. The summed E-state index contributed by atoms with van der Waals surface area (Å²) in [6, 6.07) is 6.17. The Bertz CT molecular complexity index is 479. The molecule has 104 valence electrons. The van der Waals surface area contributed by atoms with Gasteiger partial charge in [-0.25, -0.2) is 4.79 Å². The maximum absolute atomic E-state index is 11.5. The van der Waals surface area contributed by atoms with Crippen molar-refractivity contribution in [2.45, 2.75) is 17.9 Å². The summed E-state index contributed by atoms with van der Waals surface area (Å²) in [6.45, 7) is 4.88. The average Bonchev–Trinajstić information content (AvgIpc) is 2.40. The number of hydrogen-bond donors (Lipinski definition) is 1. The van der Waals surface area contributed by atoms with Crippen molar-refractivity contribution in [1.82, 2.24) is 4.90 Å². The van der Waals surface area contributed by atoms with E-state index in [4.69, 9.17) is 0 Å². The minimum atomic E-state index is -0.841. The van der Waals surface area contributed by atoms with Crippen molar-refractivity contribution in [3.8, 4) is 0 Å². The van der Waals surface area contributed by atoms with Gasteiger partial charge in [-0.1, -0.05) is 6.07 Å². The molecule has 0 aliphatic carbocycles. The fourth-order valence-corrected chi connectivity index (χ4v) is 3.05. The quantitative estimate of drug-likeness (QED) is 0.860. The van der Waals surface area contributed by atoms with Gasteiger partial charge in [0.15, 0.2) is 0 Å². The Hall–Kier alpha value is -1.20. The van der Waals surface area contributed by atoms with Crippen molar-refractivity contribution < 1.29 is 9.90 Å². The number of carbonyl (C=O) groups is 1. The number of piperazine rings is 1. The maximum Gasteiger partial charge on any atom is 0.338 e. The standard InChI is InChI=1S/C14H20N2O2S/c1-10-9-16(8-7-15(10)2)11-5-4-6-12(19-3)13(11)14(17)18/h4-6,10H,7-9H2,1-3H3,(H,17,18). The van der Waals surface area contributed by atoms with Gasteiger partial charge in [-0.2, -0.15) is 0 Å². The number of nitrogens with zero attached hydrogens (tertiary/aromatic N) is 2. The highest BCUT2D eigenvalue weighted by Gasteiger charge is 2.25. The average molecular weight is 280 g/mol. The third kappa shape index (κ3) is 2.87. The zero-order valence-electron chi connectivity index (χ0n) is 11.6. The number of likely N-dealkylation sites (N-methyl/N-ethyl adjacent to an activating group) is 1. The smallest absolute Gasteiger partial charge is 0.338 e. The molecule has 1 atom stereocenters. The molecule has 1 aromatic carbocycles. The fraction of sp³-hybridized carbons (Fsp3) is 0.500. The summed E-state index contributed by atoms with van der Waals surface area (Å²) in [6.07, 6.45) is 1.91. The van der Waals surface area contributed by atoms with Crippen molar-refractivity contribution in [2.75, 3.05) is 37.8 Å². The van der Waals surface area contributed by atoms with Gasteiger partial charge in [-0.15, -0.1) is 11.8 Å². The Kier molecular flexibility index (Phi) is 4.37. The van der Waals surface area contributed by atoms with Gasteiger partial charge in [0.2, 0.25) is 0 Å². The van der Waals surface area contributed by atoms with Crippen LogP contribution < -0.4 is 4.90 Å². The van der Waals surface area contributed by atoms with Gasteiger partial charge < -0.3 is 14.9 Å². The maximum atomic E-state index is 11.5. The number of aromatic carboxylic acids is 1.